The van der Waals surface area contributed by atoms with Crippen molar-refractivity contribution in [3.05, 3.63) is 110 Å². The average Bonchev–Trinajstić information content (AvgIpc) is 2.84. The summed E-state index contributed by atoms with van der Waals surface area (Å²) in [5.74, 6) is -1.13. The van der Waals surface area contributed by atoms with Gasteiger partial charge in [0.1, 0.15) is 0 Å². The number of anilines is 1. The Labute approximate surface area is 204 Å². The van der Waals surface area contributed by atoms with E-state index in [9.17, 15) is 29.8 Å². The van der Waals surface area contributed by atoms with Crippen LogP contribution in [0.3, 0.4) is 0 Å². The molecule has 0 spiro atoms. The number of nitrogens with one attached hydrogen (secondary N) is 3. The van der Waals surface area contributed by atoms with E-state index in [-0.39, 0.29) is 22.6 Å². The Morgan fingerprint density at radius 2 is 1.40 bits per heavy atom. The molecule has 0 aliphatic heterocycles. The number of nitro groups is 2. The second-order valence-electron chi connectivity index (χ2n) is 7.34. The number of carbonyl (C=O) groups is 2. The van der Waals surface area contributed by atoms with Crippen LogP contribution in [0, 0.1) is 20.2 Å². The second-order valence-corrected chi connectivity index (χ2v) is 7.75. The molecule has 1 atom stereocenters. The fraction of sp³-hybridized carbons (Fsp3) is 0.0870. The number of rotatable bonds is 7. The molecule has 0 aliphatic rings. The van der Waals surface area contributed by atoms with E-state index in [1.165, 1.54) is 0 Å². The maximum absolute atomic E-state index is 12.5. The summed E-state index contributed by atoms with van der Waals surface area (Å²) < 4.78 is 0. The van der Waals surface area contributed by atoms with Gasteiger partial charge in [0.15, 0.2) is 5.11 Å². The van der Waals surface area contributed by atoms with Crippen molar-refractivity contribution in [3.63, 3.8) is 0 Å². The van der Waals surface area contributed by atoms with Crippen LogP contribution in [0.25, 0.3) is 0 Å². The smallest absolute Gasteiger partial charge is 0.277 e. The lowest BCUT2D eigenvalue weighted by molar-refractivity contribution is -0.394. The Bertz CT molecular complexity index is 1270. The summed E-state index contributed by atoms with van der Waals surface area (Å²) in [6.45, 7) is 1.88. The topological polar surface area (TPSA) is 157 Å². The molecule has 11 nitrogen and oxygen atoms in total. The van der Waals surface area contributed by atoms with E-state index < -0.39 is 27.1 Å². The second kappa shape index (κ2) is 10.9. The molecule has 178 valence electrons. The molecule has 1 unspecified atom stereocenters. The fourth-order valence-electron chi connectivity index (χ4n) is 3.08. The minimum absolute atomic E-state index is 0.140. The summed E-state index contributed by atoms with van der Waals surface area (Å²) in [7, 11) is 0. The Kier molecular flexibility index (Phi) is 7.79. The first-order valence-electron chi connectivity index (χ1n) is 10.2. The van der Waals surface area contributed by atoms with E-state index in [1.807, 2.05) is 37.3 Å². The zero-order valence-corrected chi connectivity index (χ0v) is 19.1. The largest absolute Gasteiger partial charge is 0.346 e. The van der Waals surface area contributed by atoms with Crippen molar-refractivity contribution in [1.29, 1.82) is 0 Å². The highest BCUT2D eigenvalue weighted by Crippen LogP contribution is 2.22. The van der Waals surface area contributed by atoms with Crippen molar-refractivity contribution in [1.82, 2.24) is 10.6 Å². The summed E-state index contributed by atoms with van der Waals surface area (Å²) in [4.78, 5) is 45.3. The minimum Gasteiger partial charge on any atom is -0.346 e. The van der Waals surface area contributed by atoms with Gasteiger partial charge in [-0.25, -0.2) is 0 Å². The molecular formula is C23H19N5O6S. The maximum atomic E-state index is 12.5. The van der Waals surface area contributed by atoms with Gasteiger partial charge in [-0.2, -0.15) is 0 Å². The molecule has 3 N–H and O–H groups in total. The number of nitro benzene ring substituents is 2. The van der Waals surface area contributed by atoms with E-state index in [2.05, 4.69) is 16.0 Å². The molecule has 0 saturated heterocycles. The zero-order chi connectivity index (χ0) is 25.5. The molecule has 3 rings (SSSR count). The highest BCUT2D eigenvalue weighted by molar-refractivity contribution is 7.80. The first-order valence-corrected chi connectivity index (χ1v) is 10.6. The van der Waals surface area contributed by atoms with Crippen LogP contribution in [-0.2, 0) is 0 Å². The summed E-state index contributed by atoms with van der Waals surface area (Å²) in [6.07, 6.45) is 0. The number of nitrogens with zero attached hydrogens (tertiary/aromatic N) is 2. The average molecular weight is 494 g/mol. The lowest BCUT2D eigenvalue weighted by Crippen LogP contribution is -2.34. The molecule has 0 heterocycles. The van der Waals surface area contributed by atoms with Gasteiger partial charge < -0.3 is 10.6 Å². The van der Waals surface area contributed by atoms with Crippen LogP contribution in [-0.4, -0.2) is 26.8 Å². The Hall–Kier alpha value is -4.71. The number of hydrogen-bond acceptors (Lipinski definition) is 7. The molecule has 0 aliphatic carbocycles. The fourth-order valence-corrected chi connectivity index (χ4v) is 3.30. The first-order chi connectivity index (χ1) is 16.6. The zero-order valence-electron chi connectivity index (χ0n) is 18.3. The molecular weight excluding hydrogens is 474 g/mol. The highest BCUT2D eigenvalue weighted by atomic mass is 32.1. The van der Waals surface area contributed by atoms with Crippen molar-refractivity contribution in [2.45, 2.75) is 13.0 Å². The lowest BCUT2D eigenvalue weighted by atomic mass is 10.1. The number of amides is 2. The Morgan fingerprint density at radius 1 is 0.829 bits per heavy atom. The van der Waals surface area contributed by atoms with Gasteiger partial charge in [-0.05, 0) is 49.0 Å². The van der Waals surface area contributed by atoms with Crippen LogP contribution in [0.4, 0.5) is 17.1 Å². The quantitative estimate of drug-likeness (QED) is 0.252. The van der Waals surface area contributed by atoms with E-state index in [0.29, 0.717) is 11.3 Å². The van der Waals surface area contributed by atoms with Crippen molar-refractivity contribution >= 4 is 46.2 Å². The van der Waals surface area contributed by atoms with Gasteiger partial charge in [-0.15, -0.1) is 0 Å². The predicted octanol–water partition coefficient (Wildman–Crippen LogP) is 4.12. The number of non-ortho nitro benzene ring substituents is 2. The van der Waals surface area contributed by atoms with Crippen molar-refractivity contribution < 1.29 is 19.4 Å². The molecule has 3 aromatic rings. The van der Waals surface area contributed by atoms with Crippen LogP contribution in [0.1, 0.15) is 39.2 Å². The Balaban J connectivity index is 1.61. The summed E-state index contributed by atoms with van der Waals surface area (Å²) in [5, 5.41) is 29.8. The summed E-state index contributed by atoms with van der Waals surface area (Å²) in [6, 6.07) is 18.2. The molecule has 2 amide bonds. The van der Waals surface area contributed by atoms with Gasteiger partial charge in [-0.1, -0.05) is 30.3 Å². The summed E-state index contributed by atoms with van der Waals surface area (Å²) >= 11 is 5.09. The normalized spacial score (nSPS) is 11.1. The van der Waals surface area contributed by atoms with Crippen molar-refractivity contribution in [3.8, 4) is 0 Å². The molecule has 35 heavy (non-hydrogen) atoms. The third-order valence-corrected chi connectivity index (χ3v) is 5.07. The van der Waals surface area contributed by atoms with Crippen LogP contribution in [0.2, 0.25) is 0 Å². The van der Waals surface area contributed by atoms with Crippen molar-refractivity contribution in [2.75, 3.05) is 5.32 Å². The lowest BCUT2D eigenvalue weighted by Gasteiger charge is -2.15. The molecule has 0 bridgehead atoms. The van der Waals surface area contributed by atoms with Crippen LogP contribution in [0.15, 0.2) is 72.8 Å². The highest BCUT2D eigenvalue weighted by Gasteiger charge is 2.20. The van der Waals surface area contributed by atoms with Crippen molar-refractivity contribution in [2.24, 2.45) is 0 Å². The molecule has 0 saturated carbocycles. The predicted molar refractivity (Wildman–Crippen MR) is 132 cm³/mol. The molecule has 12 heteroatoms. The van der Waals surface area contributed by atoms with Crippen LogP contribution in [0.5, 0.6) is 0 Å². The SMILES string of the molecule is CC(NC(=O)c1ccc(NC(=S)NC(=O)c2cc([N+](=O)[O-])cc([N+](=O)[O-])c2)cc1)c1ccccc1. The Morgan fingerprint density at radius 3 is 1.94 bits per heavy atom. The first kappa shape index (κ1) is 24.9. The number of thiocarbonyl (C=S) groups is 1. The minimum atomic E-state index is -0.861. The van der Waals surface area contributed by atoms with Gasteiger partial charge in [0.25, 0.3) is 23.2 Å². The van der Waals surface area contributed by atoms with E-state index in [0.717, 1.165) is 23.8 Å². The van der Waals surface area contributed by atoms with Crippen LogP contribution >= 0.6 is 12.2 Å². The molecule has 0 fully saturated rings. The van der Waals surface area contributed by atoms with Gasteiger partial charge >= 0.3 is 0 Å². The number of benzene rings is 3. The number of hydrogen-bond donors (Lipinski definition) is 3. The summed E-state index contributed by atoms with van der Waals surface area (Å²) in [5.41, 5.74) is 0.353. The van der Waals surface area contributed by atoms with E-state index in [4.69, 9.17) is 12.2 Å². The standard InChI is InChI=1S/C23H19N5O6S/c1-14(15-5-3-2-4-6-15)24-21(29)16-7-9-18(10-8-16)25-23(35)26-22(30)17-11-19(27(31)32)13-20(12-17)28(33)34/h2-14H,1H3,(H,24,29)(H2,25,26,30,35). The van der Waals surface area contributed by atoms with E-state index >= 15 is 0 Å². The monoisotopic (exact) mass is 493 g/mol. The number of carbonyl (C=O) groups excluding carboxylic acids is 2. The third-order valence-electron chi connectivity index (χ3n) is 4.87. The van der Waals surface area contributed by atoms with Gasteiger partial charge in [0.05, 0.1) is 27.5 Å². The van der Waals surface area contributed by atoms with Gasteiger partial charge in [0, 0.05) is 23.4 Å². The van der Waals surface area contributed by atoms with Gasteiger partial charge in [0.2, 0.25) is 0 Å². The van der Waals surface area contributed by atoms with E-state index in [1.54, 1.807) is 24.3 Å². The third kappa shape index (κ3) is 6.65. The van der Waals surface area contributed by atoms with Crippen LogP contribution < -0.4 is 16.0 Å². The van der Waals surface area contributed by atoms with Gasteiger partial charge in [-0.3, -0.25) is 35.1 Å². The maximum Gasteiger partial charge on any atom is 0.277 e. The molecule has 3 aromatic carbocycles. The molecule has 0 aromatic heterocycles. The molecule has 0 radical (unpaired) electrons.